The Morgan fingerprint density at radius 2 is 1.70 bits per heavy atom. The van der Waals surface area contributed by atoms with E-state index in [2.05, 4.69) is 0 Å². The van der Waals surface area contributed by atoms with E-state index in [4.69, 9.17) is 5.73 Å². The van der Waals surface area contributed by atoms with Gasteiger partial charge in [-0.1, -0.05) is 18.2 Å². The van der Waals surface area contributed by atoms with Crippen molar-refractivity contribution in [1.82, 2.24) is 4.57 Å². The van der Waals surface area contributed by atoms with Crippen LogP contribution in [0.5, 0.6) is 0 Å². The van der Waals surface area contributed by atoms with Crippen molar-refractivity contribution in [1.29, 1.82) is 0 Å². The van der Waals surface area contributed by atoms with E-state index in [1.54, 1.807) is 0 Å². The Balaban J connectivity index is 2.06. The fourth-order valence-corrected chi connectivity index (χ4v) is 2.52. The molecule has 0 amide bonds. The van der Waals surface area contributed by atoms with Gasteiger partial charge in [-0.2, -0.15) is 0 Å². The summed E-state index contributed by atoms with van der Waals surface area (Å²) in [5, 5.41) is 1.08. The molecule has 1 aromatic heterocycles. The summed E-state index contributed by atoms with van der Waals surface area (Å²) in [6, 6.07) is 11.4. The third-order valence-corrected chi connectivity index (χ3v) is 3.37. The van der Waals surface area contributed by atoms with Gasteiger partial charge in [0, 0.05) is 36.3 Å². The molecule has 0 aliphatic heterocycles. The Morgan fingerprint density at radius 3 is 2.40 bits per heavy atom. The minimum atomic E-state index is -0.560. The molecule has 0 aliphatic rings. The van der Waals surface area contributed by atoms with Gasteiger partial charge in [-0.15, -0.1) is 0 Å². The fraction of sp³-hybridized carbons (Fsp3) is 0.125. The predicted octanol–water partition coefficient (Wildman–Crippen LogP) is 3.43. The minimum absolute atomic E-state index is 0.412. The maximum atomic E-state index is 13.2. The van der Waals surface area contributed by atoms with E-state index in [1.807, 2.05) is 35.0 Å². The highest BCUT2D eigenvalue weighted by Gasteiger charge is 2.08. The molecule has 2 N–H and O–H groups in total. The number of para-hydroxylation sites is 1. The van der Waals surface area contributed by atoms with Crippen LogP contribution >= 0.6 is 0 Å². The molecule has 3 aromatic rings. The van der Waals surface area contributed by atoms with Crippen LogP contribution in [-0.2, 0) is 13.1 Å². The number of benzene rings is 2. The first-order valence-corrected chi connectivity index (χ1v) is 6.39. The summed E-state index contributed by atoms with van der Waals surface area (Å²) in [5.41, 5.74) is 8.36. The zero-order chi connectivity index (χ0) is 14.1. The monoisotopic (exact) mass is 272 g/mol. The predicted molar refractivity (Wildman–Crippen MR) is 75.3 cm³/mol. The number of hydrogen-bond donors (Lipinski definition) is 1. The van der Waals surface area contributed by atoms with Crippen molar-refractivity contribution >= 4 is 10.9 Å². The number of nitrogens with two attached hydrogens (primary N) is 1. The molecule has 0 spiro atoms. The molecular weight excluding hydrogens is 258 g/mol. The summed E-state index contributed by atoms with van der Waals surface area (Å²) in [5.74, 6) is -1.12. The molecule has 2 nitrogen and oxygen atoms in total. The molecule has 0 radical (unpaired) electrons. The lowest BCUT2D eigenvalue weighted by atomic mass is 10.2. The van der Waals surface area contributed by atoms with E-state index in [0.29, 0.717) is 18.7 Å². The standard InChI is InChI=1S/C16H14F2N2/c17-13-5-11(6-14(18)7-13)9-20-10-12(8-19)15-3-1-2-4-16(15)20/h1-7,10H,8-9,19H2. The summed E-state index contributed by atoms with van der Waals surface area (Å²) < 4.78 is 28.5. The van der Waals surface area contributed by atoms with Gasteiger partial charge >= 0.3 is 0 Å². The van der Waals surface area contributed by atoms with Crippen LogP contribution in [0.3, 0.4) is 0 Å². The Bertz CT molecular complexity index is 742. The molecule has 0 saturated heterocycles. The maximum absolute atomic E-state index is 13.2. The second kappa shape index (κ2) is 5.06. The van der Waals surface area contributed by atoms with E-state index in [0.717, 1.165) is 22.5 Å². The largest absolute Gasteiger partial charge is 0.343 e. The van der Waals surface area contributed by atoms with Gasteiger partial charge in [0.15, 0.2) is 0 Å². The van der Waals surface area contributed by atoms with Crippen LogP contribution in [0.15, 0.2) is 48.7 Å². The average molecular weight is 272 g/mol. The number of rotatable bonds is 3. The molecule has 2 aromatic carbocycles. The number of fused-ring (bicyclic) bond motifs is 1. The molecule has 102 valence electrons. The summed E-state index contributed by atoms with van der Waals surface area (Å²) >= 11 is 0. The van der Waals surface area contributed by atoms with Crippen molar-refractivity contribution in [2.24, 2.45) is 5.73 Å². The summed E-state index contributed by atoms with van der Waals surface area (Å²) in [4.78, 5) is 0. The Morgan fingerprint density at radius 1 is 1.00 bits per heavy atom. The van der Waals surface area contributed by atoms with Gasteiger partial charge in [0.05, 0.1) is 0 Å². The first-order valence-electron chi connectivity index (χ1n) is 6.39. The molecule has 0 unspecified atom stereocenters. The topological polar surface area (TPSA) is 30.9 Å². The van der Waals surface area contributed by atoms with Gasteiger partial charge in [-0.3, -0.25) is 0 Å². The lowest BCUT2D eigenvalue weighted by molar-refractivity contribution is 0.578. The normalized spacial score (nSPS) is 11.2. The number of halogens is 2. The van der Waals surface area contributed by atoms with Gasteiger partial charge < -0.3 is 10.3 Å². The van der Waals surface area contributed by atoms with Crippen molar-refractivity contribution < 1.29 is 8.78 Å². The summed E-state index contributed by atoms with van der Waals surface area (Å²) in [6.07, 6.45) is 1.94. The number of aromatic nitrogens is 1. The van der Waals surface area contributed by atoms with E-state index >= 15 is 0 Å². The third-order valence-electron chi connectivity index (χ3n) is 3.37. The quantitative estimate of drug-likeness (QED) is 0.778. The second-order valence-corrected chi connectivity index (χ2v) is 4.78. The number of hydrogen-bond acceptors (Lipinski definition) is 1. The van der Waals surface area contributed by atoms with Crippen molar-refractivity contribution in [2.75, 3.05) is 0 Å². The highest BCUT2D eigenvalue weighted by atomic mass is 19.1. The van der Waals surface area contributed by atoms with Crippen LogP contribution in [0.25, 0.3) is 10.9 Å². The smallest absolute Gasteiger partial charge is 0.126 e. The fourth-order valence-electron chi connectivity index (χ4n) is 2.52. The molecule has 3 rings (SSSR count). The lowest BCUT2D eigenvalue weighted by Crippen LogP contribution is -2.00. The van der Waals surface area contributed by atoms with Gasteiger partial charge in [0.25, 0.3) is 0 Å². The molecule has 1 heterocycles. The van der Waals surface area contributed by atoms with Gasteiger partial charge in [-0.25, -0.2) is 8.78 Å². The van der Waals surface area contributed by atoms with Crippen LogP contribution in [0, 0.1) is 11.6 Å². The van der Waals surface area contributed by atoms with Gasteiger partial charge in [-0.05, 0) is 29.3 Å². The van der Waals surface area contributed by atoms with E-state index in [1.165, 1.54) is 12.1 Å². The van der Waals surface area contributed by atoms with Crippen LogP contribution in [-0.4, -0.2) is 4.57 Å². The summed E-state index contributed by atoms with van der Waals surface area (Å²) in [6.45, 7) is 0.847. The molecule has 20 heavy (non-hydrogen) atoms. The first-order chi connectivity index (χ1) is 9.67. The van der Waals surface area contributed by atoms with Gasteiger partial charge in [0.2, 0.25) is 0 Å². The van der Waals surface area contributed by atoms with Crippen molar-refractivity contribution in [3.63, 3.8) is 0 Å². The zero-order valence-corrected chi connectivity index (χ0v) is 10.8. The van der Waals surface area contributed by atoms with Crippen LogP contribution < -0.4 is 5.73 Å². The second-order valence-electron chi connectivity index (χ2n) is 4.78. The van der Waals surface area contributed by atoms with Gasteiger partial charge in [0.1, 0.15) is 11.6 Å². The highest BCUT2D eigenvalue weighted by Crippen LogP contribution is 2.22. The van der Waals surface area contributed by atoms with Crippen molar-refractivity contribution in [3.05, 3.63) is 71.4 Å². The molecule has 0 saturated carbocycles. The molecular formula is C16H14F2N2. The Labute approximate surface area is 115 Å². The van der Waals surface area contributed by atoms with E-state index in [9.17, 15) is 8.78 Å². The zero-order valence-electron chi connectivity index (χ0n) is 10.8. The van der Waals surface area contributed by atoms with Crippen molar-refractivity contribution in [2.45, 2.75) is 13.1 Å². The molecule has 0 fully saturated rings. The van der Waals surface area contributed by atoms with Crippen LogP contribution in [0.2, 0.25) is 0 Å². The molecule has 0 atom stereocenters. The van der Waals surface area contributed by atoms with E-state index < -0.39 is 11.6 Å². The van der Waals surface area contributed by atoms with Crippen molar-refractivity contribution in [3.8, 4) is 0 Å². The molecule has 0 bridgehead atoms. The maximum Gasteiger partial charge on any atom is 0.126 e. The molecule has 4 heteroatoms. The van der Waals surface area contributed by atoms with Crippen LogP contribution in [0.4, 0.5) is 8.78 Å². The lowest BCUT2D eigenvalue weighted by Gasteiger charge is -2.06. The first kappa shape index (κ1) is 12.8. The number of nitrogens with zero attached hydrogens (tertiary/aromatic N) is 1. The Hall–Kier alpha value is -2.20. The highest BCUT2D eigenvalue weighted by molar-refractivity contribution is 5.84. The minimum Gasteiger partial charge on any atom is -0.343 e. The third kappa shape index (κ3) is 2.30. The summed E-state index contributed by atoms with van der Waals surface area (Å²) in [7, 11) is 0. The average Bonchev–Trinajstić information content (AvgIpc) is 2.76. The Kier molecular flexibility index (Phi) is 3.24. The van der Waals surface area contributed by atoms with E-state index in [-0.39, 0.29) is 0 Å². The van der Waals surface area contributed by atoms with Crippen LogP contribution in [0.1, 0.15) is 11.1 Å². The molecule has 0 aliphatic carbocycles. The SMILES string of the molecule is NCc1cn(Cc2cc(F)cc(F)c2)c2ccccc12.